The monoisotopic (exact) mass is 206 g/mol. The van der Waals surface area contributed by atoms with Crippen molar-refractivity contribution in [1.82, 2.24) is 4.57 Å². The third-order valence-corrected chi connectivity index (χ3v) is 3.43. The summed E-state index contributed by atoms with van der Waals surface area (Å²) < 4.78 is 2.37. The number of aromatic nitrogens is 1. The molecule has 1 unspecified atom stereocenters. The van der Waals surface area contributed by atoms with Crippen molar-refractivity contribution >= 4 is 0 Å². The van der Waals surface area contributed by atoms with Crippen LogP contribution in [-0.4, -0.2) is 4.57 Å². The topological polar surface area (TPSA) is 30.9 Å². The minimum atomic E-state index is 0.226. The van der Waals surface area contributed by atoms with Crippen LogP contribution in [0.4, 0.5) is 0 Å². The molecule has 0 saturated carbocycles. The molecule has 1 aromatic rings. The molecule has 2 nitrogen and oxygen atoms in total. The standard InChI is InChI=1S/C13H22N2/c1-9(2)15-6-5-10-11(14)7-13(3,4)8-12(10)15/h5-6,9,11H,7-8,14H2,1-4H3. The summed E-state index contributed by atoms with van der Waals surface area (Å²) >= 11 is 0. The first-order valence-corrected chi connectivity index (χ1v) is 5.86. The summed E-state index contributed by atoms with van der Waals surface area (Å²) in [5.74, 6) is 0. The van der Waals surface area contributed by atoms with Crippen LogP contribution in [0.1, 0.15) is 57.5 Å². The summed E-state index contributed by atoms with van der Waals surface area (Å²) in [6, 6.07) is 2.97. The van der Waals surface area contributed by atoms with Gasteiger partial charge in [-0.3, -0.25) is 0 Å². The van der Waals surface area contributed by atoms with Gasteiger partial charge in [0.25, 0.3) is 0 Å². The third-order valence-electron chi connectivity index (χ3n) is 3.43. The van der Waals surface area contributed by atoms with E-state index in [-0.39, 0.29) is 6.04 Å². The zero-order valence-electron chi connectivity index (χ0n) is 10.2. The Morgan fingerprint density at radius 2 is 2.13 bits per heavy atom. The molecule has 84 valence electrons. The summed E-state index contributed by atoms with van der Waals surface area (Å²) in [5, 5.41) is 0. The van der Waals surface area contributed by atoms with Crippen molar-refractivity contribution in [2.75, 3.05) is 0 Å². The van der Waals surface area contributed by atoms with Crippen molar-refractivity contribution in [3.63, 3.8) is 0 Å². The summed E-state index contributed by atoms with van der Waals surface area (Å²) in [6.45, 7) is 9.09. The van der Waals surface area contributed by atoms with Crippen molar-refractivity contribution in [2.45, 2.75) is 52.6 Å². The molecule has 0 radical (unpaired) electrons. The molecule has 0 saturated heterocycles. The van der Waals surface area contributed by atoms with Gasteiger partial charge in [-0.15, -0.1) is 0 Å². The number of nitrogens with zero attached hydrogens (tertiary/aromatic N) is 1. The maximum atomic E-state index is 6.22. The maximum Gasteiger partial charge on any atom is 0.0318 e. The van der Waals surface area contributed by atoms with E-state index < -0.39 is 0 Å². The lowest BCUT2D eigenvalue weighted by molar-refractivity contribution is 0.273. The Balaban J connectivity index is 2.45. The van der Waals surface area contributed by atoms with E-state index in [1.54, 1.807) is 0 Å². The Morgan fingerprint density at radius 1 is 1.47 bits per heavy atom. The molecule has 15 heavy (non-hydrogen) atoms. The molecule has 1 aliphatic carbocycles. The smallest absolute Gasteiger partial charge is 0.0318 e. The predicted octanol–water partition coefficient (Wildman–Crippen LogP) is 3.04. The highest BCUT2D eigenvalue weighted by molar-refractivity contribution is 5.30. The number of nitrogens with two attached hydrogens (primary N) is 1. The number of hydrogen-bond donors (Lipinski definition) is 1. The van der Waals surface area contributed by atoms with E-state index in [9.17, 15) is 0 Å². The van der Waals surface area contributed by atoms with Crippen LogP contribution in [-0.2, 0) is 6.42 Å². The quantitative estimate of drug-likeness (QED) is 0.752. The average molecular weight is 206 g/mol. The van der Waals surface area contributed by atoms with Gasteiger partial charge < -0.3 is 10.3 Å². The lowest BCUT2D eigenvalue weighted by Gasteiger charge is -2.35. The van der Waals surface area contributed by atoms with E-state index in [2.05, 4.69) is 44.5 Å². The van der Waals surface area contributed by atoms with Crippen molar-refractivity contribution in [3.05, 3.63) is 23.5 Å². The fraction of sp³-hybridized carbons (Fsp3) is 0.692. The second-order valence-corrected chi connectivity index (χ2v) is 5.87. The third kappa shape index (κ3) is 1.83. The van der Waals surface area contributed by atoms with E-state index in [0.717, 1.165) is 12.8 Å². The highest BCUT2D eigenvalue weighted by atomic mass is 15.0. The van der Waals surface area contributed by atoms with Crippen molar-refractivity contribution in [3.8, 4) is 0 Å². The second-order valence-electron chi connectivity index (χ2n) is 5.87. The van der Waals surface area contributed by atoms with Gasteiger partial charge in [-0.05, 0) is 43.7 Å². The fourth-order valence-electron chi connectivity index (χ4n) is 2.74. The van der Waals surface area contributed by atoms with Gasteiger partial charge in [-0.1, -0.05) is 13.8 Å². The Morgan fingerprint density at radius 3 is 2.73 bits per heavy atom. The Kier molecular flexibility index (Phi) is 2.42. The maximum absolute atomic E-state index is 6.22. The SMILES string of the molecule is CC(C)n1ccc2c1CC(C)(C)CC2N. The molecule has 1 aliphatic rings. The average Bonchev–Trinajstić information content (AvgIpc) is 2.45. The summed E-state index contributed by atoms with van der Waals surface area (Å²) in [4.78, 5) is 0. The molecule has 1 heterocycles. The van der Waals surface area contributed by atoms with Gasteiger partial charge in [0.15, 0.2) is 0 Å². The molecule has 0 aliphatic heterocycles. The molecule has 2 heteroatoms. The van der Waals surface area contributed by atoms with Crippen molar-refractivity contribution in [1.29, 1.82) is 0 Å². The molecular formula is C13H22N2. The van der Waals surface area contributed by atoms with Crippen LogP contribution in [0.25, 0.3) is 0 Å². The van der Waals surface area contributed by atoms with Crippen LogP contribution in [0.3, 0.4) is 0 Å². The van der Waals surface area contributed by atoms with Gasteiger partial charge in [0.2, 0.25) is 0 Å². The van der Waals surface area contributed by atoms with E-state index >= 15 is 0 Å². The van der Waals surface area contributed by atoms with Gasteiger partial charge in [-0.25, -0.2) is 0 Å². The minimum Gasteiger partial charge on any atom is -0.349 e. The first-order chi connectivity index (χ1) is 6.91. The lowest BCUT2D eigenvalue weighted by atomic mass is 9.74. The second kappa shape index (κ2) is 3.38. The molecule has 2 rings (SSSR count). The summed E-state index contributed by atoms with van der Waals surface area (Å²) in [5.41, 5.74) is 9.38. The molecule has 0 aromatic carbocycles. The largest absolute Gasteiger partial charge is 0.349 e. The Labute approximate surface area is 92.5 Å². The van der Waals surface area contributed by atoms with Gasteiger partial charge >= 0.3 is 0 Å². The molecule has 1 atom stereocenters. The molecule has 0 bridgehead atoms. The van der Waals surface area contributed by atoms with Gasteiger partial charge in [-0.2, -0.15) is 0 Å². The van der Waals surface area contributed by atoms with E-state index in [4.69, 9.17) is 5.73 Å². The van der Waals surface area contributed by atoms with Crippen molar-refractivity contribution in [2.24, 2.45) is 11.1 Å². The van der Waals surface area contributed by atoms with Crippen LogP contribution < -0.4 is 5.73 Å². The number of rotatable bonds is 1. The van der Waals surface area contributed by atoms with E-state index in [1.165, 1.54) is 11.3 Å². The minimum absolute atomic E-state index is 0.226. The molecule has 2 N–H and O–H groups in total. The van der Waals surface area contributed by atoms with Crippen molar-refractivity contribution < 1.29 is 0 Å². The molecule has 0 amide bonds. The highest BCUT2D eigenvalue weighted by Gasteiger charge is 2.32. The van der Waals surface area contributed by atoms with Crippen LogP contribution >= 0.6 is 0 Å². The number of fused-ring (bicyclic) bond motifs is 1. The van der Waals surface area contributed by atoms with Gasteiger partial charge in [0.05, 0.1) is 0 Å². The summed E-state index contributed by atoms with van der Waals surface area (Å²) in [6.07, 6.45) is 4.44. The van der Waals surface area contributed by atoms with Gasteiger partial charge in [0.1, 0.15) is 0 Å². The molecule has 1 aromatic heterocycles. The van der Waals surface area contributed by atoms with E-state index in [1.807, 2.05) is 0 Å². The van der Waals surface area contributed by atoms with Crippen LogP contribution in [0.2, 0.25) is 0 Å². The van der Waals surface area contributed by atoms with E-state index in [0.29, 0.717) is 11.5 Å². The lowest BCUT2D eigenvalue weighted by Crippen LogP contribution is -2.30. The van der Waals surface area contributed by atoms with Crippen LogP contribution in [0.5, 0.6) is 0 Å². The zero-order valence-corrected chi connectivity index (χ0v) is 10.2. The highest BCUT2D eigenvalue weighted by Crippen LogP contribution is 2.40. The van der Waals surface area contributed by atoms with Crippen LogP contribution in [0.15, 0.2) is 12.3 Å². The molecule has 0 fully saturated rings. The Bertz CT molecular complexity index is 347. The predicted molar refractivity (Wildman–Crippen MR) is 63.8 cm³/mol. The first-order valence-electron chi connectivity index (χ1n) is 5.86. The fourth-order valence-corrected chi connectivity index (χ4v) is 2.74. The molecule has 0 spiro atoms. The Hall–Kier alpha value is -0.760. The number of hydrogen-bond acceptors (Lipinski definition) is 1. The van der Waals surface area contributed by atoms with Crippen LogP contribution in [0, 0.1) is 5.41 Å². The normalized spacial score (nSPS) is 24.3. The zero-order chi connectivity index (χ0) is 11.2. The first kappa shape index (κ1) is 10.7. The van der Waals surface area contributed by atoms with Gasteiger partial charge in [0, 0.05) is 24.0 Å². The molecular weight excluding hydrogens is 184 g/mol. The summed E-state index contributed by atoms with van der Waals surface area (Å²) in [7, 11) is 0.